The van der Waals surface area contributed by atoms with Gasteiger partial charge in [-0.05, 0) is 68.4 Å². The van der Waals surface area contributed by atoms with Gasteiger partial charge in [0.05, 0.1) is 25.2 Å². The molecule has 2 amide bonds. The lowest BCUT2D eigenvalue weighted by atomic mass is 9.98. The Hall–Kier alpha value is -3.77. The summed E-state index contributed by atoms with van der Waals surface area (Å²) in [5, 5.41) is 10.5. The molecule has 19 nitrogen and oxygen atoms in total. The number of hydrogen-bond acceptors (Lipinski definition) is 14. The Bertz CT molecular complexity index is 1980. The molecule has 0 aliphatic carbocycles. The number of sulfonamides is 1. The van der Waals surface area contributed by atoms with Gasteiger partial charge in [0.1, 0.15) is 48.1 Å². The largest absolute Gasteiger partial charge is 0.496 e. The summed E-state index contributed by atoms with van der Waals surface area (Å²) in [6, 6.07) is 5.29. The molecule has 2 aliphatic rings. The third kappa shape index (κ3) is 11.7. The van der Waals surface area contributed by atoms with E-state index < -0.39 is 82.3 Å². The number of likely N-dealkylation sites (tertiary alicyclic amines) is 1. The fraction of sp³-hybridized carbons (Fsp3) is 0.595. The Balaban J connectivity index is 1.75. The van der Waals surface area contributed by atoms with Crippen LogP contribution in [0.4, 0.5) is 0 Å². The van der Waals surface area contributed by atoms with Crippen molar-refractivity contribution < 1.29 is 63.6 Å². The molecular weight excluding hydrogens is 803 g/mol. The molecule has 2 unspecified atom stereocenters. The monoisotopic (exact) mass is 857 g/mol. The molecule has 2 saturated heterocycles. The molecule has 6 N–H and O–H groups in total. The fourth-order valence-electron chi connectivity index (χ4n) is 7.20. The van der Waals surface area contributed by atoms with Gasteiger partial charge in [-0.1, -0.05) is 24.3 Å². The van der Waals surface area contributed by atoms with E-state index in [9.17, 15) is 31.0 Å². The van der Waals surface area contributed by atoms with Crippen molar-refractivity contribution in [2.45, 2.75) is 94.1 Å². The number of carbonyl (C=O) groups excluding carboxylic acids is 2. The Kier molecular flexibility index (Phi) is 16.6. The predicted octanol–water partition coefficient (Wildman–Crippen LogP) is 0.897. The van der Waals surface area contributed by atoms with E-state index in [1.165, 1.54) is 28.4 Å². The molecule has 2 aliphatic heterocycles. The fourth-order valence-corrected chi connectivity index (χ4v) is 9.21. The Morgan fingerprint density at radius 2 is 1.57 bits per heavy atom. The van der Waals surface area contributed by atoms with E-state index in [-0.39, 0.29) is 23.1 Å². The van der Waals surface area contributed by atoms with E-state index in [1.807, 2.05) is 0 Å². The number of carbonyl (C=O) groups is 2. The van der Waals surface area contributed by atoms with Crippen molar-refractivity contribution in [2.24, 2.45) is 5.73 Å². The van der Waals surface area contributed by atoms with Gasteiger partial charge in [-0.3, -0.25) is 19.6 Å². The van der Waals surface area contributed by atoms with Gasteiger partial charge in [-0.15, -0.1) is 0 Å². The number of piperidine rings is 1. The normalized spacial score (nSPS) is 22.6. The van der Waals surface area contributed by atoms with Crippen molar-refractivity contribution >= 4 is 38.1 Å². The van der Waals surface area contributed by atoms with E-state index >= 15 is 0 Å². The summed E-state index contributed by atoms with van der Waals surface area (Å²) in [5.74, 6) is -0.979. The second kappa shape index (κ2) is 20.5. The van der Waals surface area contributed by atoms with Gasteiger partial charge >= 0.3 is 10.4 Å². The summed E-state index contributed by atoms with van der Waals surface area (Å²) in [6.07, 6.45) is -3.30. The first-order valence-electron chi connectivity index (χ1n) is 18.5. The van der Waals surface area contributed by atoms with Gasteiger partial charge in [-0.2, -0.15) is 13.1 Å². The summed E-state index contributed by atoms with van der Waals surface area (Å²) < 4.78 is 102. The molecule has 0 bridgehead atoms. The molecule has 0 aromatic heterocycles. The maximum absolute atomic E-state index is 14.5. The lowest BCUT2D eigenvalue weighted by Gasteiger charge is -2.44. The van der Waals surface area contributed by atoms with Crippen molar-refractivity contribution in [3.8, 4) is 5.75 Å². The number of nitrogens with zero attached hydrogens (tertiary/aromatic N) is 1. The molecule has 2 aromatic carbocycles. The molecular formula is C37H55N5O14S2. The molecule has 2 fully saturated rings. The van der Waals surface area contributed by atoms with E-state index in [2.05, 4.69) is 14.2 Å². The first-order valence-corrected chi connectivity index (χ1v) is 21.4. The maximum atomic E-state index is 14.5. The van der Waals surface area contributed by atoms with Gasteiger partial charge in [0.2, 0.25) is 21.8 Å². The standard InChI is InChI=1S/C37H55N5O14S2/c1-21-17-28(50-4)22(2)23(3)33(21)57(45,46)41-27(19-54-30-29(20-55-58(47,48)49)56-37(53-7)32(52-6)31(30)51-5)35(43)40-26(36(44)42-15-9-8-10-16-42)18-24-11-13-25(14-12-24)34(38)39/h11-14,17,26-27,29-32,37,41H,8-10,15-16,18-20H2,1-7H3,(H3,38,39)(H,40,43)(H,47,48,49)/t26?,27?,29-,30-,31+,32-,37+/m1/s1. The highest BCUT2D eigenvalue weighted by atomic mass is 32.3. The summed E-state index contributed by atoms with van der Waals surface area (Å²) in [6.45, 7) is 4.33. The number of benzene rings is 2. The van der Waals surface area contributed by atoms with Crippen LogP contribution >= 0.6 is 0 Å². The van der Waals surface area contributed by atoms with Crippen LogP contribution in [0.3, 0.4) is 0 Å². The van der Waals surface area contributed by atoms with Crippen molar-refractivity contribution in [3.05, 3.63) is 58.1 Å². The number of hydrogen-bond donors (Lipinski definition) is 5. The number of rotatable bonds is 19. The summed E-state index contributed by atoms with van der Waals surface area (Å²) in [5.41, 5.74) is 7.98. The van der Waals surface area contributed by atoms with Crippen LogP contribution in [0.2, 0.25) is 0 Å². The minimum absolute atomic E-state index is 0.0145. The van der Waals surface area contributed by atoms with Crippen LogP contribution in [0.15, 0.2) is 35.2 Å². The number of amidine groups is 1. The Labute approximate surface area is 339 Å². The highest BCUT2D eigenvalue weighted by Gasteiger charge is 2.49. The highest BCUT2D eigenvalue weighted by molar-refractivity contribution is 7.89. The number of nitrogens with one attached hydrogen (secondary N) is 3. The van der Waals surface area contributed by atoms with Crippen molar-refractivity contribution in [1.82, 2.24) is 14.9 Å². The molecule has 0 spiro atoms. The minimum Gasteiger partial charge on any atom is -0.496 e. The lowest BCUT2D eigenvalue weighted by molar-refractivity contribution is -0.308. The zero-order valence-electron chi connectivity index (χ0n) is 33.7. The van der Waals surface area contributed by atoms with Crippen LogP contribution < -0.4 is 20.5 Å². The number of nitrogen functional groups attached to an aromatic ring is 1. The summed E-state index contributed by atoms with van der Waals surface area (Å²) >= 11 is 0. The molecule has 7 atom stereocenters. The second-order valence-electron chi connectivity index (χ2n) is 14.1. The smallest absolute Gasteiger partial charge is 0.397 e. The number of nitrogens with two attached hydrogens (primary N) is 1. The third-order valence-corrected chi connectivity index (χ3v) is 12.5. The summed E-state index contributed by atoms with van der Waals surface area (Å²) in [7, 11) is -4.05. The molecule has 2 aromatic rings. The minimum atomic E-state index is -4.96. The van der Waals surface area contributed by atoms with E-state index in [0.29, 0.717) is 46.7 Å². The number of aryl methyl sites for hydroxylation is 1. The predicted molar refractivity (Wildman–Crippen MR) is 209 cm³/mol. The van der Waals surface area contributed by atoms with Crippen LogP contribution in [0.5, 0.6) is 5.75 Å². The van der Waals surface area contributed by atoms with Crippen molar-refractivity contribution in [3.63, 3.8) is 0 Å². The van der Waals surface area contributed by atoms with E-state index in [4.69, 9.17) is 39.6 Å². The third-order valence-electron chi connectivity index (χ3n) is 10.3. The number of ether oxygens (including phenoxy) is 6. The van der Waals surface area contributed by atoms with Gasteiger partial charge in [0, 0.05) is 46.4 Å². The lowest BCUT2D eigenvalue weighted by Crippen LogP contribution is -2.62. The van der Waals surface area contributed by atoms with Crippen LogP contribution in [-0.2, 0) is 64.3 Å². The first kappa shape index (κ1) is 46.9. The Morgan fingerprint density at radius 3 is 2.12 bits per heavy atom. The highest BCUT2D eigenvalue weighted by Crippen LogP contribution is 2.32. The molecule has 0 radical (unpaired) electrons. The van der Waals surface area contributed by atoms with Gasteiger partial charge in [0.25, 0.3) is 0 Å². The van der Waals surface area contributed by atoms with Crippen LogP contribution in [-0.4, -0.2) is 141 Å². The second-order valence-corrected chi connectivity index (χ2v) is 16.8. The maximum Gasteiger partial charge on any atom is 0.397 e. The van der Waals surface area contributed by atoms with Gasteiger partial charge in [-0.25, -0.2) is 12.6 Å². The topological polar surface area (TPSA) is 264 Å². The van der Waals surface area contributed by atoms with Crippen molar-refractivity contribution in [1.29, 1.82) is 5.41 Å². The SMILES string of the molecule is COc1cc(C)c(S(=O)(=O)NC(CO[C@H]2[C@H](OC)[C@@H](OC)[C@@H](OC)O[C@@H]2COS(=O)(=O)O)C(=O)NC(Cc2ccc(C(=N)N)cc2)C(=O)N2CCCCC2)c(C)c1C. The average molecular weight is 858 g/mol. The quantitative estimate of drug-likeness (QED) is 0.0747. The van der Waals surface area contributed by atoms with Crippen LogP contribution in [0, 0.1) is 26.2 Å². The van der Waals surface area contributed by atoms with E-state index in [1.54, 1.807) is 56.0 Å². The molecule has 324 valence electrons. The molecule has 21 heteroatoms. The Morgan fingerprint density at radius 1 is 0.931 bits per heavy atom. The zero-order valence-corrected chi connectivity index (χ0v) is 35.3. The molecule has 2 heterocycles. The number of methoxy groups -OCH3 is 4. The molecule has 4 rings (SSSR count). The first-order chi connectivity index (χ1) is 27.3. The summed E-state index contributed by atoms with van der Waals surface area (Å²) in [4.78, 5) is 30.1. The van der Waals surface area contributed by atoms with Gasteiger partial charge in [0.15, 0.2) is 6.29 Å². The zero-order chi connectivity index (χ0) is 42.9. The van der Waals surface area contributed by atoms with E-state index in [0.717, 1.165) is 19.3 Å². The molecule has 0 saturated carbocycles. The van der Waals surface area contributed by atoms with Crippen LogP contribution in [0.1, 0.15) is 47.1 Å². The molecule has 58 heavy (non-hydrogen) atoms. The van der Waals surface area contributed by atoms with Crippen LogP contribution in [0.25, 0.3) is 0 Å². The van der Waals surface area contributed by atoms with Gasteiger partial charge < -0.3 is 44.4 Å². The number of amides is 2. The average Bonchev–Trinajstić information content (AvgIpc) is 3.18. The van der Waals surface area contributed by atoms with Crippen molar-refractivity contribution in [2.75, 3.05) is 54.7 Å².